The van der Waals surface area contributed by atoms with Gasteiger partial charge in [0.15, 0.2) is 0 Å². The lowest BCUT2D eigenvalue weighted by Gasteiger charge is -2.62. The molecule has 0 bridgehead atoms. The van der Waals surface area contributed by atoms with Gasteiger partial charge in [-0.1, -0.05) is 20.3 Å². The molecule has 0 aromatic heterocycles. The lowest BCUT2D eigenvalue weighted by atomic mass is 9.46. The van der Waals surface area contributed by atoms with Gasteiger partial charge in [0, 0.05) is 17.9 Å². The monoisotopic (exact) mass is 216 g/mol. The lowest BCUT2D eigenvalue weighted by Crippen LogP contribution is -2.61. The van der Waals surface area contributed by atoms with E-state index >= 15 is 0 Å². The van der Waals surface area contributed by atoms with Gasteiger partial charge in [-0.15, -0.1) is 11.6 Å². The number of hydrogen-bond acceptors (Lipinski definition) is 1. The van der Waals surface area contributed by atoms with Crippen LogP contribution < -0.4 is 0 Å². The van der Waals surface area contributed by atoms with Crippen LogP contribution in [-0.4, -0.2) is 18.6 Å². The van der Waals surface area contributed by atoms with Gasteiger partial charge in [0.25, 0.3) is 0 Å². The topological polar surface area (TPSA) is 9.23 Å². The zero-order valence-corrected chi connectivity index (χ0v) is 10.2. The number of halogens is 1. The minimum absolute atomic E-state index is 0.349. The SMILES string of the molecule is COC1CC(C(Cl)C(C)C)C12CCC2. The zero-order valence-electron chi connectivity index (χ0n) is 9.42. The Hall–Kier alpha value is 0.250. The molecule has 0 N–H and O–H groups in total. The smallest absolute Gasteiger partial charge is 0.0634 e. The van der Waals surface area contributed by atoms with Crippen molar-refractivity contribution in [3.63, 3.8) is 0 Å². The lowest BCUT2D eigenvalue weighted by molar-refractivity contribution is -0.187. The van der Waals surface area contributed by atoms with Crippen LogP contribution in [-0.2, 0) is 4.74 Å². The van der Waals surface area contributed by atoms with Gasteiger partial charge in [-0.3, -0.25) is 0 Å². The Kier molecular flexibility index (Phi) is 2.83. The second-order valence-electron chi connectivity index (χ2n) is 5.34. The summed E-state index contributed by atoms with van der Waals surface area (Å²) in [5, 5.41) is 0.349. The molecule has 2 fully saturated rings. The van der Waals surface area contributed by atoms with Crippen LogP contribution in [0.5, 0.6) is 0 Å². The van der Waals surface area contributed by atoms with Crippen LogP contribution in [0.3, 0.4) is 0 Å². The maximum Gasteiger partial charge on any atom is 0.0634 e. The highest BCUT2D eigenvalue weighted by molar-refractivity contribution is 6.21. The van der Waals surface area contributed by atoms with E-state index < -0.39 is 0 Å². The second-order valence-corrected chi connectivity index (χ2v) is 5.85. The first-order chi connectivity index (χ1) is 6.62. The summed E-state index contributed by atoms with van der Waals surface area (Å²) >= 11 is 6.48. The van der Waals surface area contributed by atoms with Crippen molar-refractivity contribution in [3.05, 3.63) is 0 Å². The Balaban J connectivity index is 2.02. The molecule has 3 unspecified atom stereocenters. The van der Waals surface area contributed by atoms with Crippen LogP contribution in [0.2, 0.25) is 0 Å². The van der Waals surface area contributed by atoms with Crippen LogP contribution in [0, 0.1) is 17.3 Å². The van der Waals surface area contributed by atoms with Crippen molar-refractivity contribution in [3.8, 4) is 0 Å². The molecule has 2 saturated carbocycles. The summed E-state index contributed by atoms with van der Waals surface area (Å²) in [5.41, 5.74) is 0.478. The molecule has 14 heavy (non-hydrogen) atoms. The number of hydrogen-bond donors (Lipinski definition) is 0. The van der Waals surface area contributed by atoms with E-state index in [0.717, 1.165) is 0 Å². The summed E-state index contributed by atoms with van der Waals surface area (Å²) < 4.78 is 5.55. The van der Waals surface area contributed by atoms with E-state index in [0.29, 0.717) is 28.7 Å². The number of methoxy groups -OCH3 is 1. The Bertz CT molecular complexity index is 210. The second kappa shape index (κ2) is 3.68. The number of ether oxygens (including phenoxy) is 1. The third-order valence-electron chi connectivity index (χ3n) is 4.44. The highest BCUT2D eigenvalue weighted by Gasteiger charge is 2.60. The Labute approximate surface area is 92.2 Å². The van der Waals surface area contributed by atoms with Crippen molar-refractivity contribution in [2.45, 2.75) is 51.0 Å². The molecule has 1 nitrogen and oxygen atoms in total. The number of rotatable bonds is 3. The molecule has 0 amide bonds. The normalized spacial score (nSPS) is 36.6. The van der Waals surface area contributed by atoms with Gasteiger partial charge in [-0.25, -0.2) is 0 Å². The molecule has 0 heterocycles. The van der Waals surface area contributed by atoms with Gasteiger partial charge in [0.1, 0.15) is 0 Å². The van der Waals surface area contributed by atoms with E-state index in [1.165, 1.54) is 25.7 Å². The van der Waals surface area contributed by atoms with Crippen LogP contribution in [0.25, 0.3) is 0 Å². The van der Waals surface area contributed by atoms with E-state index in [4.69, 9.17) is 16.3 Å². The summed E-state index contributed by atoms with van der Waals surface area (Å²) in [6.45, 7) is 4.45. The minimum Gasteiger partial charge on any atom is -0.381 e. The maximum atomic E-state index is 6.48. The van der Waals surface area contributed by atoms with Crippen molar-refractivity contribution < 1.29 is 4.74 Å². The first-order valence-corrected chi connectivity index (χ1v) is 6.22. The highest BCUT2D eigenvalue weighted by atomic mass is 35.5. The third-order valence-corrected chi connectivity index (χ3v) is 5.25. The molecule has 82 valence electrons. The molecule has 2 aliphatic carbocycles. The fourth-order valence-corrected chi connectivity index (χ4v) is 3.65. The van der Waals surface area contributed by atoms with Crippen LogP contribution in [0.1, 0.15) is 39.5 Å². The highest BCUT2D eigenvalue weighted by Crippen LogP contribution is 2.63. The first-order valence-electron chi connectivity index (χ1n) is 5.78. The summed E-state index contributed by atoms with van der Waals surface area (Å²) in [5.74, 6) is 1.31. The molecule has 3 atom stereocenters. The molecular weight excluding hydrogens is 196 g/mol. The average Bonchev–Trinajstić information content (AvgIpc) is 1.99. The van der Waals surface area contributed by atoms with E-state index in [-0.39, 0.29) is 0 Å². The van der Waals surface area contributed by atoms with Gasteiger partial charge in [0.2, 0.25) is 0 Å². The quantitative estimate of drug-likeness (QED) is 0.657. The van der Waals surface area contributed by atoms with Crippen molar-refractivity contribution in [1.82, 2.24) is 0 Å². The molecule has 2 heteroatoms. The molecular formula is C12H21ClO. The van der Waals surface area contributed by atoms with Gasteiger partial charge in [0.05, 0.1) is 6.10 Å². The minimum atomic E-state index is 0.349. The summed E-state index contributed by atoms with van der Waals surface area (Å²) in [7, 11) is 1.85. The summed E-state index contributed by atoms with van der Waals surface area (Å²) in [6, 6.07) is 0. The molecule has 0 aromatic rings. The molecule has 2 aliphatic rings. The fourth-order valence-electron chi connectivity index (χ4n) is 3.30. The van der Waals surface area contributed by atoms with Crippen LogP contribution in [0.4, 0.5) is 0 Å². The van der Waals surface area contributed by atoms with Crippen molar-refractivity contribution in [1.29, 1.82) is 0 Å². The molecule has 2 rings (SSSR count). The van der Waals surface area contributed by atoms with E-state index in [1.54, 1.807) is 0 Å². The van der Waals surface area contributed by atoms with Gasteiger partial charge in [-0.05, 0) is 31.1 Å². The Morgan fingerprint density at radius 3 is 2.36 bits per heavy atom. The van der Waals surface area contributed by atoms with Crippen LogP contribution in [0.15, 0.2) is 0 Å². The van der Waals surface area contributed by atoms with Crippen molar-refractivity contribution in [2.24, 2.45) is 17.3 Å². The largest absolute Gasteiger partial charge is 0.381 e. The van der Waals surface area contributed by atoms with E-state index in [1.807, 2.05) is 7.11 Å². The summed E-state index contributed by atoms with van der Waals surface area (Å²) in [4.78, 5) is 0. The average molecular weight is 217 g/mol. The Morgan fingerprint density at radius 2 is 2.00 bits per heavy atom. The molecule has 0 aromatic carbocycles. The number of alkyl halides is 1. The summed E-state index contributed by atoms with van der Waals surface area (Å²) in [6.07, 6.45) is 5.74. The van der Waals surface area contributed by atoms with Crippen LogP contribution >= 0.6 is 11.6 Å². The predicted molar refractivity (Wildman–Crippen MR) is 59.7 cm³/mol. The van der Waals surface area contributed by atoms with Gasteiger partial charge < -0.3 is 4.74 Å². The van der Waals surface area contributed by atoms with E-state index in [2.05, 4.69) is 13.8 Å². The standard InChI is InChI=1S/C12H21ClO/c1-8(2)11(13)9-7-10(14-3)12(9)5-4-6-12/h8-11H,4-7H2,1-3H3. The van der Waals surface area contributed by atoms with Gasteiger partial charge >= 0.3 is 0 Å². The molecule has 0 radical (unpaired) electrons. The zero-order chi connectivity index (χ0) is 10.3. The third kappa shape index (κ3) is 1.32. The molecule has 0 aliphatic heterocycles. The maximum absolute atomic E-state index is 6.48. The fraction of sp³-hybridized carbons (Fsp3) is 1.00. The van der Waals surface area contributed by atoms with Gasteiger partial charge in [-0.2, -0.15) is 0 Å². The van der Waals surface area contributed by atoms with Crippen molar-refractivity contribution in [2.75, 3.05) is 7.11 Å². The Morgan fingerprint density at radius 1 is 1.36 bits per heavy atom. The van der Waals surface area contributed by atoms with Crippen molar-refractivity contribution >= 4 is 11.6 Å². The first kappa shape index (κ1) is 10.8. The molecule has 1 spiro atoms. The van der Waals surface area contributed by atoms with E-state index in [9.17, 15) is 0 Å². The predicted octanol–water partition coefficient (Wildman–Crippen LogP) is 3.46. The molecule has 0 saturated heterocycles.